The van der Waals surface area contributed by atoms with E-state index in [2.05, 4.69) is 16.6 Å². The molecule has 15 heavy (non-hydrogen) atoms. The first-order valence-electron chi connectivity index (χ1n) is 5.31. The number of nitrogens with one attached hydrogen (secondary N) is 2. The van der Waals surface area contributed by atoms with Crippen molar-refractivity contribution in [1.82, 2.24) is 10.6 Å². The molecule has 0 amide bonds. The molecule has 4 heteroatoms. The van der Waals surface area contributed by atoms with E-state index in [-0.39, 0.29) is 5.97 Å². The normalized spacial score (nSPS) is 19.2. The Morgan fingerprint density at radius 1 is 1.60 bits per heavy atom. The van der Waals surface area contributed by atoms with Crippen molar-refractivity contribution in [2.75, 3.05) is 26.2 Å². The Hall–Kier alpha value is -1.05. The van der Waals surface area contributed by atoms with Crippen LogP contribution in [0.15, 0.2) is 0 Å². The maximum Gasteiger partial charge on any atom is 0.326 e. The molecule has 0 radical (unpaired) electrons. The van der Waals surface area contributed by atoms with E-state index in [9.17, 15) is 4.79 Å². The largest absolute Gasteiger partial charge is 0.465 e. The summed E-state index contributed by atoms with van der Waals surface area (Å²) in [5, 5.41) is 6.33. The van der Waals surface area contributed by atoms with E-state index in [0.717, 1.165) is 25.9 Å². The van der Waals surface area contributed by atoms with E-state index >= 15 is 0 Å². The minimum Gasteiger partial charge on any atom is -0.465 e. The molecule has 1 fully saturated rings. The lowest BCUT2D eigenvalue weighted by molar-refractivity contribution is -0.152. The van der Waals surface area contributed by atoms with E-state index in [1.54, 1.807) is 0 Å². The van der Waals surface area contributed by atoms with Gasteiger partial charge in [0, 0.05) is 0 Å². The third kappa shape index (κ3) is 2.95. The molecule has 0 aromatic carbocycles. The van der Waals surface area contributed by atoms with Crippen LogP contribution in [0.5, 0.6) is 0 Å². The van der Waals surface area contributed by atoms with Gasteiger partial charge in [0.1, 0.15) is 5.54 Å². The van der Waals surface area contributed by atoms with Crippen molar-refractivity contribution in [3.8, 4) is 12.3 Å². The van der Waals surface area contributed by atoms with Gasteiger partial charge in [-0.25, -0.2) is 0 Å². The second-order valence-corrected chi connectivity index (χ2v) is 3.61. The summed E-state index contributed by atoms with van der Waals surface area (Å²) >= 11 is 0. The second kappa shape index (κ2) is 5.74. The van der Waals surface area contributed by atoms with Crippen molar-refractivity contribution in [1.29, 1.82) is 0 Å². The molecule has 0 saturated carbocycles. The van der Waals surface area contributed by atoms with E-state index in [4.69, 9.17) is 11.2 Å². The molecule has 1 aliphatic rings. The zero-order valence-electron chi connectivity index (χ0n) is 9.14. The Balaban J connectivity index is 2.66. The fourth-order valence-electron chi connectivity index (χ4n) is 1.80. The lowest BCUT2D eigenvalue weighted by atomic mass is 9.88. The summed E-state index contributed by atoms with van der Waals surface area (Å²) in [4.78, 5) is 11.8. The Morgan fingerprint density at radius 3 is 2.80 bits per heavy atom. The minimum atomic E-state index is -0.576. The monoisotopic (exact) mass is 210 g/mol. The van der Waals surface area contributed by atoms with E-state index in [0.29, 0.717) is 13.2 Å². The molecule has 2 N–H and O–H groups in total. The first-order chi connectivity index (χ1) is 7.25. The summed E-state index contributed by atoms with van der Waals surface area (Å²) in [7, 11) is 0. The van der Waals surface area contributed by atoms with Crippen molar-refractivity contribution < 1.29 is 9.53 Å². The van der Waals surface area contributed by atoms with E-state index in [1.165, 1.54) is 0 Å². The number of terminal acetylenes is 1. The molecule has 1 heterocycles. The van der Waals surface area contributed by atoms with Gasteiger partial charge in [0.05, 0.1) is 13.2 Å². The van der Waals surface area contributed by atoms with Gasteiger partial charge in [-0.2, -0.15) is 0 Å². The standard InChI is InChI=1S/C11H18N2O2/c1-3-7-13-11(10(14)15-4-2)5-8-12-9-6-11/h1,12-13H,4-9H2,2H3. The molecule has 0 aliphatic carbocycles. The molecule has 0 unspecified atom stereocenters. The van der Waals surface area contributed by atoms with Crippen LogP contribution in [-0.4, -0.2) is 37.7 Å². The highest BCUT2D eigenvalue weighted by molar-refractivity contribution is 5.81. The highest BCUT2D eigenvalue weighted by Gasteiger charge is 2.40. The maximum absolute atomic E-state index is 11.8. The van der Waals surface area contributed by atoms with Crippen molar-refractivity contribution in [3.05, 3.63) is 0 Å². The second-order valence-electron chi connectivity index (χ2n) is 3.61. The van der Waals surface area contributed by atoms with Crippen LogP contribution in [-0.2, 0) is 9.53 Å². The van der Waals surface area contributed by atoms with Crippen LogP contribution in [0.2, 0.25) is 0 Å². The first-order valence-corrected chi connectivity index (χ1v) is 5.31. The number of rotatable bonds is 4. The molecule has 0 aromatic heterocycles. The lowest BCUT2D eigenvalue weighted by Crippen LogP contribution is -2.58. The molecule has 1 aliphatic heterocycles. The molecular weight excluding hydrogens is 192 g/mol. The molecule has 84 valence electrons. The zero-order valence-corrected chi connectivity index (χ0v) is 9.14. The molecule has 0 aromatic rings. The van der Waals surface area contributed by atoms with Crippen LogP contribution in [0.4, 0.5) is 0 Å². The highest BCUT2D eigenvalue weighted by atomic mass is 16.5. The van der Waals surface area contributed by atoms with Gasteiger partial charge in [-0.3, -0.25) is 10.1 Å². The summed E-state index contributed by atoms with van der Waals surface area (Å²) in [5.41, 5.74) is -0.576. The van der Waals surface area contributed by atoms with Crippen LogP contribution in [0.3, 0.4) is 0 Å². The lowest BCUT2D eigenvalue weighted by Gasteiger charge is -2.35. The van der Waals surface area contributed by atoms with Crippen molar-refractivity contribution in [2.24, 2.45) is 0 Å². The Kier molecular flexibility index (Phi) is 4.60. The van der Waals surface area contributed by atoms with Crippen LogP contribution in [0.1, 0.15) is 19.8 Å². The van der Waals surface area contributed by atoms with Crippen molar-refractivity contribution in [2.45, 2.75) is 25.3 Å². The number of hydrogen-bond donors (Lipinski definition) is 2. The van der Waals surface area contributed by atoms with E-state index in [1.807, 2.05) is 6.92 Å². The topological polar surface area (TPSA) is 50.4 Å². The van der Waals surface area contributed by atoms with Crippen molar-refractivity contribution >= 4 is 5.97 Å². The van der Waals surface area contributed by atoms with Crippen LogP contribution >= 0.6 is 0 Å². The fourth-order valence-corrected chi connectivity index (χ4v) is 1.80. The third-order valence-corrected chi connectivity index (χ3v) is 2.65. The molecule has 1 rings (SSSR count). The van der Waals surface area contributed by atoms with Crippen LogP contribution < -0.4 is 10.6 Å². The van der Waals surface area contributed by atoms with Gasteiger partial charge in [-0.15, -0.1) is 6.42 Å². The number of hydrogen-bond acceptors (Lipinski definition) is 4. The van der Waals surface area contributed by atoms with E-state index < -0.39 is 5.54 Å². The number of ether oxygens (including phenoxy) is 1. The van der Waals surface area contributed by atoms with Crippen molar-refractivity contribution in [3.63, 3.8) is 0 Å². The quantitative estimate of drug-likeness (QED) is 0.502. The minimum absolute atomic E-state index is 0.179. The summed E-state index contributed by atoms with van der Waals surface area (Å²) in [6, 6.07) is 0. The summed E-state index contributed by atoms with van der Waals surface area (Å²) in [5.74, 6) is 2.32. The SMILES string of the molecule is C#CCNC1(C(=O)OCC)CCNCC1. The molecule has 0 bridgehead atoms. The summed E-state index contributed by atoms with van der Waals surface area (Å²) in [6.45, 7) is 4.26. The van der Waals surface area contributed by atoms with Gasteiger partial charge in [0.2, 0.25) is 0 Å². The van der Waals surface area contributed by atoms with Gasteiger partial charge in [0.25, 0.3) is 0 Å². The van der Waals surface area contributed by atoms with Crippen LogP contribution in [0.25, 0.3) is 0 Å². The van der Waals surface area contributed by atoms with Gasteiger partial charge in [-0.05, 0) is 32.9 Å². The zero-order chi connectivity index (χ0) is 11.1. The highest BCUT2D eigenvalue weighted by Crippen LogP contribution is 2.19. The molecular formula is C11H18N2O2. The van der Waals surface area contributed by atoms with Gasteiger partial charge >= 0.3 is 5.97 Å². The third-order valence-electron chi connectivity index (χ3n) is 2.65. The molecule has 0 spiro atoms. The predicted octanol–water partition coefficient (Wildman–Crippen LogP) is -0.106. The van der Waals surface area contributed by atoms with Crippen LogP contribution in [0, 0.1) is 12.3 Å². The smallest absolute Gasteiger partial charge is 0.326 e. The Morgan fingerprint density at radius 2 is 2.27 bits per heavy atom. The Labute approximate surface area is 90.8 Å². The number of piperidine rings is 1. The average Bonchev–Trinajstić information content (AvgIpc) is 2.28. The number of carbonyl (C=O) groups is 1. The predicted molar refractivity (Wildman–Crippen MR) is 58.3 cm³/mol. The molecule has 4 nitrogen and oxygen atoms in total. The Bertz CT molecular complexity index is 252. The fraction of sp³-hybridized carbons (Fsp3) is 0.727. The van der Waals surface area contributed by atoms with Gasteiger partial charge < -0.3 is 10.1 Å². The summed E-state index contributed by atoms with van der Waals surface area (Å²) in [6.07, 6.45) is 6.66. The molecule has 1 saturated heterocycles. The van der Waals surface area contributed by atoms with Gasteiger partial charge in [0.15, 0.2) is 0 Å². The summed E-state index contributed by atoms with van der Waals surface area (Å²) < 4.78 is 5.08. The van der Waals surface area contributed by atoms with Gasteiger partial charge in [-0.1, -0.05) is 5.92 Å². The first kappa shape index (κ1) is 12.0. The maximum atomic E-state index is 11.8. The number of carbonyl (C=O) groups excluding carboxylic acids is 1. The number of esters is 1. The average molecular weight is 210 g/mol. The molecule has 0 atom stereocenters.